The zero-order chi connectivity index (χ0) is 16.1. The van der Waals surface area contributed by atoms with Gasteiger partial charge in [-0.2, -0.15) is 0 Å². The van der Waals surface area contributed by atoms with E-state index in [1.807, 2.05) is 6.08 Å². The van der Waals surface area contributed by atoms with Crippen LogP contribution in [0.3, 0.4) is 0 Å². The average Bonchev–Trinajstić information content (AvgIpc) is 3.23. The zero-order valence-electron chi connectivity index (χ0n) is 13.5. The van der Waals surface area contributed by atoms with E-state index in [-0.39, 0.29) is 6.42 Å². The smallest absolute Gasteiger partial charge is 0.324 e. The lowest BCUT2D eigenvalue weighted by atomic mass is 9.81. The lowest BCUT2D eigenvalue weighted by Gasteiger charge is -2.25. The average molecular weight is 308 g/mol. The van der Waals surface area contributed by atoms with Crippen LogP contribution in [0.15, 0.2) is 11.6 Å². The second-order valence-corrected chi connectivity index (χ2v) is 11.1. The van der Waals surface area contributed by atoms with Crippen LogP contribution in [0.1, 0.15) is 25.7 Å². The fourth-order valence-electron chi connectivity index (χ4n) is 1.91. The number of rotatable bonds is 5. The highest BCUT2D eigenvalue weighted by Gasteiger charge is 2.47. The minimum absolute atomic E-state index is 0.139. The summed E-state index contributed by atoms with van der Waals surface area (Å²) in [7, 11) is 1.02. The first-order valence-electron chi connectivity index (χ1n) is 7.10. The molecule has 1 aliphatic rings. The topological polar surface area (TPSA) is 52.6 Å². The van der Waals surface area contributed by atoms with Gasteiger partial charge in [-0.05, 0) is 19.3 Å². The molecule has 1 fully saturated rings. The summed E-state index contributed by atoms with van der Waals surface area (Å²) in [6.45, 7) is 6.35. The monoisotopic (exact) mass is 308 g/mol. The molecule has 0 N–H and O–H groups in total. The van der Waals surface area contributed by atoms with Crippen LogP contribution < -0.4 is 0 Å². The molecule has 0 bridgehead atoms. The molecular formula is C16H24O4Si. The van der Waals surface area contributed by atoms with Crippen molar-refractivity contribution in [1.82, 2.24) is 0 Å². The van der Waals surface area contributed by atoms with Crippen LogP contribution >= 0.6 is 0 Å². The van der Waals surface area contributed by atoms with Gasteiger partial charge in [-0.25, -0.2) is 0 Å². The summed E-state index contributed by atoms with van der Waals surface area (Å²) < 4.78 is 9.70. The van der Waals surface area contributed by atoms with Crippen molar-refractivity contribution in [3.63, 3.8) is 0 Å². The van der Waals surface area contributed by atoms with Crippen molar-refractivity contribution in [1.29, 1.82) is 0 Å². The Hall–Kier alpha value is -1.54. The van der Waals surface area contributed by atoms with E-state index in [4.69, 9.17) is 9.47 Å². The summed E-state index contributed by atoms with van der Waals surface area (Å²) >= 11 is 0. The summed E-state index contributed by atoms with van der Waals surface area (Å²) in [5.41, 5.74) is 3.12. The van der Waals surface area contributed by atoms with E-state index in [0.717, 1.165) is 12.8 Å². The molecule has 1 aliphatic carbocycles. The molecule has 4 nitrogen and oxygen atoms in total. The third kappa shape index (κ3) is 5.05. The standard InChI is InChI=1S/C16H24O4Si/c1-19-14(17)16(15(18)20-2,11-9-13-7-8-13)10-6-12-21(3,4)5/h9H,7-8,10-11H2,1-5H3. The van der Waals surface area contributed by atoms with Gasteiger partial charge in [0.1, 0.15) is 8.07 Å². The molecule has 1 saturated carbocycles. The van der Waals surface area contributed by atoms with E-state index >= 15 is 0 Å². The molecule has 1 rings (SSSR count). The van der Waals surface area contributed by atoms with E-state index in [1.165, 1.54) is 19.8 Å². The highest BCUT2D eigenvalue weighted by molar-refractivity contribution is 6.83. The summed E-state index contributed by atoms with van der Waals surface area (Å²) in [4.78, 5) is 24.4. The van der Waals surface area contributed by atoms with Crippen LogP contribution in [0.5, 0.6) is 0 Å². The lowest BCUT2D eigenvalue weighted by Crippen LogP contribution is -2.40. The van der Waals surface area contributed by atoms with Crippen molar-refractivity contribution in [2.75, 3.05) is 14.2 Å². The van der Waals surface area contributed by atoms with Crippen molar-refractivity contribution >= 4 is 20.0 Å². The lowest BCUT2D eigenvalue weighted by molar-refractivity contribution is -0.168. The van der Waals surface area contributed by atoms with Crippen molar-refractivity contribution in [2.24, 2.45) is 5.41 Å². The molecule has 116 valence electrons. The Morgan fingerprint density at radius 3 is 2.10 bits per heavy atom. The molecule has 0 spiro atoms. The van der Waals surface area contributed by atoms with Gasteiger partial charge in [-0.1, -0.05) is 31.3 Å². The molecule has 0 aromatic heterocycles. The van der Waals surface area contributed by atoms with Gasteiger partial charge in [0.2, 0.25) is 0 Å². The summed E-state index contributed by atoms with van der Waals surface area (Å²) in [6, 6.07) is 0. The quantitative estimate of drug-likeness (QED) is 0.258. The molecule has 0 aromatic rings. The van der Waals surface area contributed by atoms with Crippen LogP contribution in [0, 0.1) is 16.9 Å². The number of hydrogen-bond donors (Lipinski definition) is 0. The fraction of sp³-hybridized carbons (Fsp3) is 0.625. The minimum Gasteiger partial charge on any atom is -0.468 e. The molecule has 21 heavy (non-hydrogen) atoms. The number of methoxy groups -OCH3 is 2. The Morgan fingerprint density at radius 1 is 1.19 bits per heavy atom. The van der Waals surface area contributed by atoms with Crippen LogP contribution in [0.2, 0.25) is 19.6 Å². The maximum atomic E-state index is 12.2. The zero-order valence-corrected chi connectivity index (χ0v) is 14.5. The largest absolute Gasteiger partial charge is 0.468 e. The molecule has 5 heteroatoms. The first-order chi connectivity index (χ1) is 9.75. The Kier molecular flexibility index (Phi) is 5.79. The molecular weight excluding hydrogens is 284 g/mol. The van der Waals surface area contributed by atoms with Crippen molar-refractivity contribution in [3.8, 4) is 11.5 Å². The second-order valence-electron chi connectivity index (χ2n) is 6.36. The predicted molar refractivity (Wildman–Crippen MR) is 84.1 cm³/mol. The molecule has 0 amide bonds. The molecule has 0 heterocycles. The van der Waals surface area contributed by atoms with Crippen molar-refractivity contribution < 1.29 is 19.1 Å². The number of esters is 2. The minimum atomic E-state index is -1.56. The van der Waals surface area contributed by atoms with E-state index < -0.39 is 25.4 Å². The first kappa shape index (κ1) is 17.5. The van der Waals surface area contributed by atoms with Gasteiger partial charge in [0.15, 0.2) is 5.41 Å². The van der Waals surface area contributed by atoms with E-state index in [9.17, 15) is 9.59 Å². The van der Waals surface area contributed by atoms with Crippen LogP contribution in [-0.4, -0.2) is 34.2 Å². The third-order valence-corrected chi connectivity index (χ3v) is 4.21. The number of allylic oxidation sites excluding steroid dienone is 2. The maximum absolute atomic E-state index is 12.2. The van der Waals surface area contributed by atoms with E-state index in [1.54, 1.807) is 0 Å². The normalized spacial score (nSPS) is 13.9. The van der Waals surface area contributed by atoms with Crippen LogP contribution in [0.4, 0.5) is 0 Å². The van der Waals surface area contributed by atoms with Gasteiger partial charge in [-0.15, -0.1) is 11.5 Å². The first-order valence-corrected chi connectivity index (χ1v) is 10.6. The fourth-order valence-corrected chi connectivity index (χ4v) is 2.53. The Labute approximate surface area is 127 Å². The highest BCUT2D eigenvalue weighted by atomic mass is 28.3. The van der Waals surface area contributed by atoms with Gasteiger partial charge in [-0.3, -0.25) is 9.59 Å². The molecule has 0 atom stereocenters. The second kappa shape index (κ2) is 6.95. The molecule has 0 saturated heterocycles. The summed E-state index contributed by atoms with van der Waals surface area (Å²) in [5.74, 6) is 1.88. The van der Waals surface area contributed by atoms with Gasteiger partial charge in [0, 0.05) is 6.42 Å². The highest BCUT2D eigenvalue weighted by Crippen LogP contribution is 2.35. The SMILES string of the molecule is COC(=O)C(CC#C[Si](C)(C)C)(CC=C1CC1)C(=O)OC. The molecule has 0 aliphatic heterocycles. The third-order valence-electron chi connectivity index (χ3n) is 3.28. The summed E-state index contributed by atoms with van der Waals surface area (Å²) in [5, 5.41) is 0. The predicted octanol–water partition coefficient (Wildman–Crippen LogP) is 2.70. The number of carbonyl (C=O) groups excluding carboxylic acids is 2. The Bertz CT molecular complexity index is 481. The van der Waals surface area contributed by atoms with E-state index in [2.05, 4.69) is 31.1 Å². The van der Waals surface area contributed by atoms with Gasteiger partial charge in [0.25, 0.3) is 0 Å². The van der Waals surface area contributed by atoms with Gasteiger partial charge >= 0.3 is 11.9 Å². The summed E-state index contributed by atoms with van der Waals surface area (Å²) in [6.07, 6.45) is 4.46. The Balaban J connectivity index is 3.08. The molecule has 0 aromatic carbocycles. The van der Waals surface area contributed by atoms with Crippen molar-refractivity contribution in [2.45, 2.75) is 45.3 Å². The number of carbonyl (C=O) groups is 2. The molecule has 0 radical (unpaired) electrons. The van der Waals surface area contributed by atoms with Crippen LogP contribution in [0.25, 0.3) is 0 Å². The number of ether oxygens (including phenoxy) is 2. The molecule has 0 unspecified atom stereocenters. The Morgan fingerprint density at radius 2 is 1.71 bits per heavy atom. The van der Waals surface area contributed by atoms with Crippen molar-refractivity contribution in [3.05, 3.63) is 11.6 Å². The van der Waals surface area contributed by atoms with Crippen LogP contribution in [-0.2, 0) is 19.1 Å². The maximum Gasteiger partial charge on any atom is 0.324 e. The van der Waals surface area contributed by atoms with Gasteiger partial charge < -0.3 is 9.47 Å². The van der Waals surface area contributed by atoms with E-state index in [0.29, 0.717) is 6.42 Å². The number of hydrogen-bond acceptors (Lipinski definition) is 4. The van der Waals surface area contributed by atoms with Gasteiger partial charge in [0.05, 0.1) is 14.2 Å².